The van der Waals surface area contributed by atoms with Crippen molar-refractivity contribution < 1.29 is 57.1 Å². The molecule has 0 aromatic heterocycles. The van der Waals surface area contributed by atoms with Crippen molar-refractivity contribution in [3.8, 4) is 0 Å². The van der Waals surface area contributed by atoms with E-state index >= 15 is 0 Å². The van der Waals surface area contributed by atoms with Gasteiger partial charge in [-0.05, 0) is 45.6 Å². The van der Waals surface area contributed by atoms with Crippen molar-refractivity contribution >= 4 is 29.8 Å². The molecule has 298 valence electrons. The zero-order valence-corrected chi connectivity index (χ0v) is 33.6. The van der Waals surface area contributed by atoms with Gasteiger partial charge in [0.05, 0.1) is 6.10 Å². The van der Waals surface area contributed by atoms with Crippen LogP contribution in [-0.4, -0.2) is 85.8 Å². The van der Waals surface area contributed by atoms with Crippen molar-refractivity contribution in [3.05, 3.63) is 47.6 Å². The summed E-state index contributed by atoms with van der Waals surface area (Å²) in [5.74, 6) is -3.22. The lowest BCUT2D eigenvalue weighted by Gasteiger charge is -2.36. The summed E-state index contributed by atoms with van der Waals surface area (Å²) in [6, 6.07) is 0. The fourth-order valence-electron chi connectivity index (χ4n) is 6.83. The first-order chi connectivity index (χ1) is 24.9. The molecule has 0 spiro atoms. The highest BCUT2D eigenvalue weighted by molar-refractivity contribution is 5.88. The zero-order valence-electron chi connectivity index (χ0n) is 33.6. The number of hydrogen-bond acceptors (Lipinski definition) is 12. The quantitative estimate of drug-likeness (QED) is 0.114. The number of rotatable bonds is 13. The van der Waals surface area contributed by atoms with E-state index in [1.54, 1.807) is 20.1 Å². The Morgan fingerprint density at radius 3 is 1.98 bits per heavy atom. The maximum Gasteiger partial charge on any atom is 0.334 e. The van der Waals surface area contributed by atoms with Gasteiger partial charge in [-0.2, -0.15) is 0 Å². The number of cyclic esters (lactones) is 1. The number of methoxy groups -OCH3 is 1. The second-order valence-corrected chi connectivity index (χ2v) is 14.6. The van der Waals surface area contributed by atoms with Gasteiger partial charge in [-0.3, -0.25) is 19.2 Å². The van der Waals surface area contributed by atoms with Crippen LogP contribution in [0, 0.1) is 23.7 Å². The van der Waals surface area contributed by atoms with E-state index in [1.165, 1.54) is 27.7 Å². The molecule has 1 saturated heterocycles. The summed E-state index contributed by atoms with van der Waals surface area (Å²) in [7, 11) is 1.60. The highest BCUT2D eigenvalue weighted by atomic mass is 16.7. The molecule has 1 fully saturated rings. The minimum Gasteiger partial charge on any atom is -0.462 e. The lowest BCUT2D eigenvalue weighted by atomic mass is 9.83. The Labute approximate surface area is 315 Å². The molecule has 0 aliphatic carbocycles. The molecule has 0 N–H and O–H groups in total. The summed E-state index contributed by atoms with van der Waals surface area (Å²) in [5.41, 5.74) is 1.16. The fraction of sp³-hybridized carbons (Fsp3) is 0.683. The molecule has 53 heavy (non-hydrogen) atoms. The Hall–Kier alpha value is -3.77. The summed E-state index contributed by atoms with van der Waals surface area (Å²) in [5, 5.41) is 0. The van der Waals surface area contributed by atoms with Crippen molar-refractivity contribution in [1.82, 2.24) is 0 Å². The normalized spacial score (nSPS) is 30.5. The summed E-state index contributed by atoms with van der Waals surface area (Å²) in [4.78, 5) is 61.8. The van der Waals surface area contributed by atoms with Crippen LogP contribution in [0.2, 0.25) is 0 Å². The van der Waals surface area contributed by atoms with Crippen LogP contribution in [-0.2, 0) is 57.1 Å². The molecule has 12 atom stereocenters. The Morgan fingerprint density at radius 2 is 1.42 bits per heavy atom. The smallest absolute Gasteiger partial charge is 0.334 e. The monoisotopic (exact) mass is 746 g/mol. The SMILES string of the molecule is COC(C)C(C)C(OC(C)=O)C(C)C(CC[C@H](C)[C@@H]1C/C=C/C=C/C[C@@H](OC(C)=O)[C@H]2O[C@@H]2[C@H](OC(C)=O)[C@H](C)/C=C(C)/C=C(\C)C(=O)O1)OC(C)=O. The van der Waals surface area contributed by atoms with Gasteiger partial charge in [0, 0.05) is 71.0 Å². The van der Waals surface area contributed by atoms with Crippen molar-refractivity contribution in [2.75, 3.05) is 7.11 Å². The van der Waals surface area contributed by atoms with Crippen LogP contribution >= 0.6 is 0 Å². The first kappa shape index (κ1) is 45.4. The number of ether oxygens (including phenoxy) is 7. The molecule has 0 radical (unpaired) electrons. The fourth-order valence-corrected chi connectivity index (χ4v) is 6.83. The molecule has 0 amide bonds. The third-order valence-electron chi connectivity index (χ3n) is 9.96. The molecule has 2 rings (SSSR count). The maximum atomic E-state index is 13.5. The topological polar surface area (TPSA) is 153 Å². The van der Waals surface area contributed by atoms with Gasteiger partial charge in [0.25, 0.3) is 0 Å². The van der Waals surface area contributed by atoms with E-state index in [-0.39, 0.29) is 29.8 Å². The van der Waals surface area contributed by atoms with Gasteiger partial charge in [-0.1, -0.05) is 63.6 Å². The first-order valence-corrected chi connectivity index (χ1v) is 18.6. The molecule has 0 saturated carbocycles. The summed E-state index contributed by atoms with van der Waals surface area (Å²) in [6.07, 6.45) is 8.86. The number of carbonyl (C=O) groups excluding carboxylic acids is 5. The number of allylic oxidation sites excluding steroid dienone is 4. The van der Waals surface area contributed by atoms with Crippen LogP contribution in [0.3, 0.4) is 0 Å². The third kappa shape index (κ3) is 15.2. The van der Waals surface area contributed by atoms with E-state index in [0.717, 1.165) is 5.57 Å². The Kier molecular flexibility index (Phi) is 18.7. The number of epoxide rings is 1. The number of fused-ring (bicyclic) bond motifs is 1. The van der Waals surface area contributed by atoms with E-state index in [0.29, 0.717) is 31.3 Å². The number of hydrogen-bond donors (Lipinski definition) is 0. The Bertz CT molecular complexity index is 1380. The van der Waals surface area contributed by atoms with Crippen LogP contribution in [0.25, 0.3) is 0 Å². The molecule has 0 aromatic rings. The highest BCUT2D eigenvalue weighted by Gasteiger charge is 2.53. The second-order valence-electron chi connectivity index (χ2n) is 14.6. The molecule has 2 aliphatic heterocycles. The molecule has 0 aromatic carbocycles. The molecule has 0 bridgehead atoms. The number of carbonyl (C=O) groups is 5. The zero-order chi connectivity index (χ0) is 40.0. The predicted octanol–water partition coefficient (Wildman–Crippen LogP) is 6.55. The van der Waals surface area contributed by atoms with Crippen LogP contribution in [0.1, 0.15) is 102 Å². The summed E-state index contributed by atoms with van der Waals surface area (Å²) >= 11 is 0. The van der Waals surface area contributed by atoms with Crippen molar-refractivity contribution in [3.63, 3.8) is 0 Å². The molecule has 2 aliphatic rings. The van der Waals surface area contributed by atoms with Crippen molar-refractivity contribution in [1.29, 1.82) is 0 Å². The Balaban J connectivity index is 2.39. The lowest BCUT2D eigenvalue weighted by Crippen LogP contribution is -2.43. The second kappa shape index (κ2) is 21.8. The van der Waals surface area contributed by atoms with Gasteiger partial charge in [-0.25, -0.2) is 4.79 Å². The van der Waals surface area contributed by atoms with Crippen molar-refractivity contribution in [2.45, 2.75) is 151 Å². The lowest BCUT2D eigenvalue weighted by molar-refractivity contribution is -0.165. The third-order valence-corrected chi connectivity index (χ3v) is 9.96. The number of esters is 5. The van der Waals surface area contributed by atoms with Gasteiger partial charge < -0.3 is 33.2 Å². The maximum absolute atomic E-state index is 13.5. The van der Waals surface area contributed by atoms with Gasteiger partial charge in [0.2, 0.25) is 0 Å². The van der Waals surface area contributed by atoms with Crippen molar-refractivity contribution in [2.24, 2.45) is 23.7 Å². The van der Waals surface area contributed by atoms with E-state index in [9.17, 15) is 24.0 Å². The molecular formula is C41H62O12. The predicted molar refractivity (Wildman–Crippen MR) is 198 cm³/mol. The van der Waals surface area contributed by atoms with Gasteiger partial charge in [0.15, 0.2) is 0 Å². The van der Waals surface area contributed by atoms with Gasteiger partial charge in [0.1, 0.15) is 42.7 Å². The molecule has 12 nitrogen and oxygen atoms in total. The van der Waals surface area contributed by atoms with Crippen LogP contribution in [0.4, 0.5) is 0 Å². The first-order valence-electron chi connectivity index (χ1n) is 18.6. The van der Waals surface area contributed by atoms with E-state index < -0.39 is 72.6 Å². The average Bonchev–Trinajstić information content (AvgIpc) is 3.86. The van der Waals surface area contributed by atoms with E-state index in [2.05, 4.69) is 0 Å². The Morgan fingerprint density at radius 1 is 0.811 bits per heavy atom. The summed E-state index contributed by atoms with van der Waals surface area (Å²) in [6.45, 7) is 18.5. The van der Waals surface area contributed by atoms with Crippen LogP contribution in [0.5, 0.6) is 0 Å². The molecule has 5 unspecified atom stereocenters. The van der Waals surface area contributed by atoms with Crippen LogP contribution < -0.4 is 0 Å². The standard InChI is InChI=1S/C41H62O12/c1-23-21-25(3)37(50-32(10)44)40-39(53-40)36(49-31(9)43)18-16-14-13-15-17-34(52-41(46)26(4)22-23)24(2)19-20-35(48-30(8)42)28(6)38(51-33(11)45)27(5)29(7)47-12/h13-16,21-22,24-25,27-29,34-40H,17-20H2,1-12H3/b15-13+,16-14+,23-21+,26-22+/t24-,25+,27?,28?,29?,34-,35?,36+,37+,38?,39+,40+/m0/s1. The van der Waals surface area contributed by atoms with Crippen LogP contribution in [0.15, 0.2) is 47.6 Å². The van der Waals surface area contributed by atoms with Gasteiger partial charge >= 0.3 is 29.8 Å². The van der Waals surface area contributed by atoms with E-state index in [1.807, 2.05) is 71.9 Å². The molecule has 12 heteroatoms. The van der Waals surface area contributed by atoms with Gasteiger partial charge in [-0.15, -0.1) is 0 Å². The highest BCUT2D eigenvalue weighted by Crippen LogP contribution is 2.37. The molecular weight excluding hydrogens is 684 g/mol. The minimum absolute atomic E-state index is 0.155. The average molecular weight is 747 g/mol. The molecule has 2 heterocycles. The summed E-state index contributed by atoms with van der Waals surface area (Å²) < 4.78 is 40.4. The minimum atomic E-state index is -0.631. The largest absolute Gasteiger partial charge is 0.462 e. The van der Waals surface area contributed by atoms with E-state index in [4.69, 9.17) is 33.2 Å².